The van der Waals surface area contributed by atoms with Crippen molar-refractivity contribution in [2.45, 2.75) is 38.8 Å². The molecular weight excluding hydrogens is 460 g/mol. The molecular formula is C28H32N2O6. The van der Waals surface area contributed by atoms with E-state index < -0.39 is 11.9 Å². The molecule has 0 atom stereocenters. The third-order valence-corrected chi connectivity index (χ3v) is 6.17. The fourth-order valence-corrected chi connectivity index (χ4v) is 4.16. The van der Waals surface area contributed by atoms with Crippen molar-refractivity contribution in [3.8, 4) is 5.75 Å². The van der Waals surface area contributed by atoms with Crippen LogP contribution in [0.5, 0.6) is 5.75 Å². The Morgan fingerprint density at radius 1 is 0.917 bits per heavy atom. The molecule has 0 bridgehead atoms. The van der Waals surface area contributed by atoms with Gasteiger partial charge < -0.3 is 19.9 Å². The molecule has 2 heterocycles. The zero-order chi connectivity index (χ0) is 25.8. The first-order valence-corrected chi connectivity index (χ1v) is 12.0. The normalized spacial score (nSPS) is 13.9. The van der Waals surface area contributed by atoms with Gasteiger partial charge in [0.15, 0.2) is 0 Å². The molecule has 0 spiro atoms. The van der Waals surface area contributed by atoms with Crippen LogP contribution in [0, 0.1) is 5.92 Å². The van der Waals surface area contributed by atoms with Crippen molar-refractivity contribution in [3.05, 3.63) is 100.0 Å². The highest BCUT2D eigenvalue weighted by molar-refractivity contribution is 6.27. The van der Waals surface area contributed by atoms with Gasteiger partial charge in [-0.15, -0.1) is 0 Å². The number of rotatable bonds is 8. The Morgan fingerprint density at radius 2 is 1.61 bits per heavy atom. The van der Waals surface area contributed by atoms with Crippen LogP contribution in [0.25, 0.3) is 0 Å². The van der Waals surface area contributed by atoms with Gasteiger partial charge in [0, 0.05) is 18.3 Å². The molecule has 0 aliphatic carbocycles. The predicted octanol–water partition coefficient (Wildman–Crippen LogP) is 3.95. The van der Waals surface area contributed by atoms with E-state index in [0.29, 0.717) is 6.61 Å². The van der Waals surface area contributed by atoms with E-state index in [1.165, 1.54) is 30.4 Å². The summed E-state index contributed by atoms with van der Waals surface area (Å²) in [5.74, 6) is -1.95. The Bertz CT molecular complexity index is 1160. The number of carboxylic acid groups (broad SMARTS) is 2. The molecule has 36 heavy (non-hydrogen) atoms. The molecule has 1 aliphatic heterocycles. The molecule has 1 saturated heterocycles. The second kappa shape index (κ2) is 13.8. The topological polar surface area (TPSA) is 120 Å². The van der Waals surface area contributed by atoms with Gasteiger partial charge in [-0.2, -0.15) is 0 Å². The molecule has 190 valence electrons. The average Bonchev–Trinajstić information content (AvgIpc) is 2.89. The summed E-state index contributed by atoms with van der Waals surface area (Å²) in [4.78, 5) is 35.2. The molecule has 0 amide bonds. The zero-order valence-electron chi connectivity index (χ0n) is 20.1. The lowest BCUT2D eigenvalue weighted by atomic mass is 9.90. The highest BCUT2D eigenvalue weighted by atomic mass is 16.5. The van der Waals surface area contributed by atoms with E-state index in [9.17, 15) is 4.79 Å². The maximum absolute atomic E-state index is 11.9. The van der Waals surface area contributed by atoms with Crippen molar-refractivity contribution in [1.29, 1.82) is 0 Å². The first-order valence-electron chi connectivity index (χ1n) is 12.0. The van der Waals surface area contributed by atoms with Crippen LogP contribution in [0.1, 0.15) is 36.0 Å². The number of aromatic amines is 1. The number of aryl methyl sites for hydroxylation is 1. The first kappa shape index (κ1) is 26.7. The Kier molecular flexibility index (Phi) is 10.3. The number of hydrogen-bond donors (Lipinski definition) is 3. The van der Waals surface area contributed by atoms with E-state index in [4.69, 9.17) is 24.5 Å². The van der Waals surface area contributed by atoms with Crippen molar-refractivity contribution in [2.75, 3.05) is 13.1 Å². The summed E-state index contributed by atoms with van der Waals surface area (Å²) in [6, 6.07) is 22.6. The van der Waals surface area contributed by atoms with Crippen LogP contribution in [0.2, 0.25) is 0 Å². The fraction of sp³-hybridized carbons (Fsp3) is 0.321. The maximum Gasteiger partial charge on any atom is 0.414 e. The molecule has 0 radical (unpaired) electrons. The van der Waals surface area contributed by atoms with Gasteiger partial charge in [0.05, 0.1) is 0 Å². The Morgan fingerprint density at radius 3 is 2.28 bits per heavy atom. The van der Waals surface area contributed by atoms with Crippen molar-refractivity contribution >= 4 is 11.9 Å². The minimum atomic E-state index is -1.82. The van der Waals surface area contributed by atoms with Crippen LogP contribution in [0.4, 0.5) is 0 Å². The summed E-state index contributed by atoms with van der Waals surface area (Å²) >= 11 is 0. The van der Waals surface area contributed by atoms with E-state index >= 15 is 0 Å². The van der Waals surface area contributed by atoms with Gasteiger partial charge in [-0.3, -0.25) is 9.69 Å². The van der Waals surface area contributed by atoms with E-state index in [2.05, 4.69) is 40.2 Å². The number of benzene rings is 2. The summed E-state index contributed by atoms with van der Waals surface area (Å²) in [6.45, 7) is 3.50. The molecule has 4 rings (SSSR count). The lowest BCUT2D eigenvalue weighted by molar-refractivity contribution is -0.159. The third-order valence-electron chi connectivity index (χ3n) is 6.17. The number of carbonyl (C=O) groups is 2. The number of likely N-dealkylation sites (tertiary alicyclic amines) is 1. The summed E-state index contributed by atoms with van der Waals surface area (Å²) in [6.07, 6.45) is 6.40. The number of nitrogens with one attached hydrogen (secondary N) is 1. The number of pyridine rings is 1. The standard InChI is InChI=1S/C26H30N2O2.C2H2O4/c29-26-24(9-5-15-27-26)19-28-16-13-21(14-17-28)11-12-22-8-4-10-25(18-22)30-20-23-6-2-1-3-7-23;3-1(4)2(5)6/h1-10,15,18,21H,11-14,16-17,19-20H2,(H,27,29);(H,3,4)(H,5,6). The fourth-order valence-electron chi connectivity index (χ4n) is 4.16. The van der Waals surface area contributed by atoms with Crippen LogP contribution in [0.3, 0.4) is 0 Å². The van der Waals surface area contributed by atoms with Crippen LogP contribution >= 0.6 is 0 Å². The smallest absolute Gasteiger partial charge is 0.414 e. The van der Waals surface area contributed by atoms with Gasteiger partial charge in [0.1, 0.15) is 12.4 Å². The second-order valence-corrected chi connectivity index (χ2v) is 8.81. The Hall–Kier alpha value is -3.91. The Labute approximate surface area is 210 Å². The summed E-state index contributed by atoms with van der Waals surface area (Å²) in [5, 5.41) is 14.8. The van der Waals surface area contributed by atoms with Crippen molar-refractivity contribution in [1.82, 2.24) is 9.88 Å². The van der Waals surface area contributed by atoms with Gasteiger partial charge in [-0.1, -0.05) is 48.5 Å². The molecule has 8 heteroatoms. The number of ether oxygens (including phenoxy) is 1. The van der Waals surface area contributed by atoms with Gasteiger partial charge in [0.2, 0.25) is 0 Å². The molecule has 3 N–H and O–H groups in total. The number of piperidine rings is 1. The lowest BCUT2D eigenvalue weighted by Gasteiger charge is -2.31. The van der Waals surface area contributed by atoms with Crippen molar-refractivity contribution < 1.29 is 24.5 Å². The van der Waals surface area contributed by atoms with Gasteiger partial charge in [0.25, 0.3) is 5.56 Å². The number of hydrogen-bond acceptors (Lipinski definition) is 5. The quantitative estimate of drug-likeness (QED) is 0.407. The van der Waals surface area contributed by atoms with E-state index in [0.717, 1.165) is 43.3 Å². The number of aromatic nitrogens is 1. The largest absolute Gasteiger partial charge is 0.489 e. The molecule has 3 aromatic rings. The van der Waals surface area contributed by atoms with Gasteiger partial charge in [-0.25, -0.2) is 9.59 Å². The van der Waals surface area contributed by atoms with Gasteiger partial charge >= 0.3 is 11.9 Å². The SMILES string of the molecule is O=C(O)C(=O)O.O=c1[nH]cccc1CN1CCC(CCc2cccc(OCc3ccccc3)c2)CC1. The monoisotopic (exact) mass is 492 g/mol. The van der Waals surface area contributed by atoms with E-state index in [1.807, 2.05) is 36.4 Å². The number of nitrogens with zero attached hydrogens (tertiary/aromatic N) is 1. The van der Waals surface area contributed by atoms with Crippen molar-refractivity contribution in [2.24, 2.45) is 5.92 Å². The molecule has 8 nitrogen and oxygen atoms in total. The molecule has 2 aromatic carbocycles. The average molecular weight is 493 g/mol. The zero-order valence-corrected chi connectivity index (χ0v) is 20.1. The van der Waals surface area contributed by atoms with Crippen LogP contribution in [-0.4, -0.2) is 45.1 Å². The van der Waals surface area contributed by atoms with Crippen LogP contribution < -0.4 is 10.3 Å². The number of H-pyrrole nitrogens is 1. The summed E-state index contributed by atoms with van der Waals surface area (Å²) in [7, 11) is 0. The van der Waals surface area contributed by atoms with Crippen molar-refractivity contribution in [3.63, 3.8) is 0 Å². The molecule has 1 fully saturated rings. The second-order valence-electron chi connectivity index (χ2n) is 8.81. The molecule has 1 aromatic heterocycles. The minimum absolute atomic E-state index is 0.0361. The third kappa shape index (κ3) is 9.03. The Balaban J connectivity index is 0.000000538. The van der Waals surface area contributed by atoms with Crippen LogP contribution in [-0.2, 0) is 29.2 Å². The highest BCUT2D eigenvalue weighted by Gasteiger charge is 2.19. The predicted molar refractivity (Wildman–Crippen MR) is 136 cm³/mol. The number of carboxylic acids is 2. The summed E-state index contributed by atoms with van der Waals surface area (Å²) in [5.41, 5.74) is 3.43. The van der Waals surface area contributed by atoms with E-state index in [-0.39, 0.29) is 5.56 Å². The maximum atomic E-state index is 11.9. The number of aliphatic carboxylic acids is 2. The highest BCUT2D eigenvalue weighted by Crippen LogP contribution is 2.24. The molecule has 0 unspecified atom stereocenters. The molecule has 1 aliphatic rings. The van der Waals surface area contributed by atoms with Gasteiger partial charge in [-0.05, 0) is 74.0 Å². The minimum Gasteiger partial charge on any atom is -0.489 e. The summed E-state index contributed by atoms with van der Waals surface area (Å²) < 4.78 is 5.97. The van der Waals surface area contributed by atoms with E-state index in [1.54, 1.807) is 6.20 Å². The van der Waals surface area contributed by atoms with Crippen LogP contribution in [0.15, 0.2) is 77.7 Å². The lowest BCUT2D eigenvalue weighted by Crippen LogP contribution is -2.34. The first-order chi connectivity index (χ1) is 17.4. The molecule has 0 saturated carbocycles.